The van der Waals surface area contributed by atoms with Gasteiger partial charge in [-0.1, -0.05) is 24.3 Å². The van der Waals surface area contributed by atoms with E-state index in [-0.39, 0.29) is 4.90 Å². The van der Waals surface area contributed by atoms with Crippen molar-refractivity contribution in [2.24, 2.45) is 5.73 Å². The van der Waals surface area contributed by atoms with E-state index in [4.69, 9.17) is 5.73 Å². The second-order valence-electron chi connectivity index (χ2n) is 6.47. The average molecular weight is 388 g/mol. The number of hydrogen-bond donors (Lipinski definition) is 3. The third-order valence-electron chi connectivity index (χ3n) is 4.48. The number of imidazole rings is 1. The number of aromatic nitrogens is 2. The fourth-order valence-electron chi connectivity index (χ4n) is 3.03. The second kappa shape index (κ2) is 6.67. The predicted molar refractivity (Wildman–Crippen MR) is 102 cm³/mol. The van der Waals surface area contributed by atoms with Gasteiger partial charge >= 0.3 is 5.97 Å². The number of carboxylic acid groups (broad SMARTS) is 1. The molecule has 1 aromatic heterocycles. The molecule has 0 aliphatic carbocycles. The maximum Gasteiger partial charge on any atom is 0.340 e. The van der Waals surface area contributed by atoms with Gasteiger partial charge in [-0.2, -0.15) is 0 Å². The van der Waals surface area contributed by atoms with Crippen molar-refractivity contribution in [3.8, 4) is 0 Å². The largest absolute Gasteiger partial charge is 0.479 e. The van der Waals surface area contributed by atoms with Crippen LogP contribution in [0.2, 0.25) is 0 Å². The SMILES string of the molecule is CN(C)c1cccc2c(S(=O)(=O)[C@](N)(Cc3cnc[nH]3)C(=O)O)cccc12. The lowest BCUT2D eigenvalue weighted by molar-refractivity contribution is -0.140. The maximum atomic E-state index is 13.4. The Morgan fingerprint density at radius 2 is 1.89 bits per heavy atom. The first kappa shape index (κ1) is 18.9. The summed E-state index contributed by atoms with van der Waals surface area (Å²) in [6.45, 7) is 0. The Bertz CT molecular complexity index is 1090. The lowest BCUT2D eigenvalue weighted by Gasteiger charge is -2.25. The number of hydrogen-bond acceptors (Lipinski definition) is 6. The Morgan fingerprint density at radius 3 is 2.48 bits per heavy atom. The number of anilines is 1. The van der Waals surface area contributed by atoms with Crippen molar-refractivity contribution in [2.75, 3.05) is 19.0 Å². The maximum absolute atomic E-state index is 13.4. The van der Waals surface area contributed by atoms with Crippen LogP contribution in [0.25, 0.3) is 10.8 Å². The van der Waals surface area contributed by atoms with Crippen LogP contribution < -0.4 is 10.6 Å². The number of nitrogens with two attached hydrogens (primary N) is 1. The molecular formula is C18H20N4O4S. The first-order valence-electron chi connectivity index (χ1n) is 8.11. The van der Waals surface area contributed by atoms with E-state index in [2.05, 4.69) is 9.97 Å². The minimum atomic E-state index is -4.43. The van der Waals surface area contributed by atoms with Gasteiger partial charge in [0, 0.05) is 48.9 Å². The van der Waals surface area contributed by atoms with Gasteiger partial charge in [0.25, 0.3) is 0 Å². The molecule has 27 heavy (non-hydrogen) atoms. The summed E-state index contributed by atoms with van der Waals surface area (Å²) < 4.78 is 26.7. The topological polar surface area (TPSA) is 129 Å². The summed E-state index contributed by atoms with van der Waals surface area (Å²) in [7, 11) is -0.741. The number of nitrogens with zero attached hydrogens (tertiary/aromatic N) is 2. The molecule has 4 N–H and O–H groups in total. The third-order valence-corrected chi connectivity index (χ3v) is 6.69. The van der Waals surface area contributed by atoms with Crippen LogP contribution in [0.4, 0.5) is 5.69 Å². The molecule has 3 aromatic rings. The predicted octanol–water partition coefficient (Wildman–Crippen LogP) is 1.38. The number of benzene rings is 2. The molecule has 8 nitrogen and oxygen atoms in total. The Kier molecular flexibility index (Phi) is 4.66. The van der Waals surface area contributed by atoms with E-state index in [1.807, 2.05) is 25.1 Å². The molecule has 0 fully saturated rings. The number of nitrogens with one attached hydrogen (secondary N) is 1. The van der Waals surface area contributed by atoms with Crippen LogP contribution in [0.1, 0.15) is 5.69 Å². The molecular weight excluding hydrogens is 368 g/mol. The Hall–Kier alpha value is -2.91. The van der Waals surface area contributed by atoms with Gasteiger partial charge < -0.3 is 20.7 Å². The first-order chi connectivity index (χ1) is 12.7. The molecule has 9 heteroatoms. The van der Waals surface area contributed by atoms with Crippen LogP contribution in [0, 0.1) is 0 Å². The van der Waals surface area contributed by atoms with Crippen LogP contribution in [0.5, 0.6) is 0 Å². The molecule has 0 aliphatic heterocycles. The summed E-state index contributed by atoms with van der Waals surface area (Å²) in [6.07, 6.45) is 2.26. The fourth-order valence-corrected chi connectivity index (χ4v) is 4.73. The molecule has 0 bridgehead atoms. The Balaban J connectivity index is 2.24. The van der Waals surface area contributed by atoms with Gasteiger partial charge in [-0.3, -0.25) is 0 Å². The van der Waals surface area contributed by atoms with Crippen LogP contribution in [-0.4, -0.2) is 48.4 Å². The zero-order chi connectivity index (χ0) is 19.8. The van der Waals surface area contributed by atoms with Crippen molar-refractivity contribution in [2.45, 2.75) is 16.2 Å². The van der Waals surface area contributed by atoms with Gasteiger partial charge in [0.1, 0.15) is 0 Å². The third kappa shape index (κ3) is 3.04. The fraction of sp³-hybridized carbons (Fsp3) is 0.222. The van der Waals surface area contributed by atoms with Gasteiger partial charge in [0.05, 0.1) is 11.2 Å². The van der Waals surface area contributed by atoms with Gasteiger partial charge in [-0.25, -0.2) is 18.2 Å². The van der Waals surface area contributed by atoms with Crippen molar-refractivity contribution in [3.63, 3.8) is 0 Å². The standard InChI is InChI=1S/C18H20N4O4S/c1-22(2)15-7-3-6-14-13(15)5-4-8-16(14)27(25,26)18(19,17(23)24)9-12-10-20-11-21-12/h3-8,10-11H,9,19H2,1-2H3,(H,20,21)(H,23,24)/t18-/m1/s1. The average Bonchev–Trinajstić information content (AvgIpc) is 3.12. The number of carboxylic acids is 1. The van der Waals surface area contributed by atoms with Crippen molar-refractivity contribution in [3.05, 3.63) is 54.6 Å². The minimum absolute atomic E-state index is 0.117. The van der Waals surface area contributed by atoms with Gasteiger partial charge in [0.15, 0.2) is 0 Å². The van der Waals surface area contributed by atoms with E-state index in [1.165, 1.54) is 18.6 Å². The van der Waals surface area contributed by atoms with E-state index >= 15 is 0 Å². The summed E-state index contributed by atoms with van der Waals surface area (Å²) in [5.74, 6) is -1.63. The summed E-state index contributed by atoms with van der Waals surface area (Å²) in [5.41, 5.74) is 7.12. The highest BCUT2D eigenvalue weighted by atomic mass is 32.2. The quantitative estimate of drug-likeness (QED) is 0.582. The number of aromatic amines is 1. The van der Waals surface area contributed by atoms with Crippen molar-refractivity contribution < 1.29 is 18.3 Å². The lowest BCUT2D eigenvalue weighted by Crippen LogP contribution is -2.56. The molecule has 0 aliphatic rings. The molecule has 3 rings (SSSR count). The van der Waals surface area contributed by atoms with Crippen molar-refractivity contribution in [1.29, 1.82) is 0 Å². The Morgan fingerprint density at radius 1 is 1.22 bits per heavy atom. The smallest absolute Gasteiger partial charge is 0.340 e. The highest BCUT2D eigenvalue weighted by Gasteiger charge is 2.49. The second-order valence-corrected chi connectivity index (χ2v) is 8.65. The molecule has 1 atom stereocenters. The van der Waals surface area contributed by atoms with E-state index in [0.717, 1.165) is 5.69 Å². The summed E-state index contributed by atoms with van der Waals surface area (Å²) in [4.78, 5) is 17.6. The molecule has 0 amide bonds. The molecule has 2 aromatic carbocycles. The van der Waals surface area contributed by atoms with E-state index in [1.54, 1.807) is 24.3 Å². The van der Waals surface area contributed by atoms with Gasteiger partial charge in [0.2, 0.25) is 14.7 Å². The van der Waals surface area contributed by atoms with Gasteiger partial charge in [-0.15, -0.1) is 0 Å². The van der Waals surface area contributed by atoms with E-state index in [9.17, 15) is 18.3 Å². The molecule has 142 valence electrons. The van der Waals surface area contributed by atoms with E-state index < -0.39 is 27.1 Å². The summed E-state index contributed by atoms with van der Waals surface area (Å²) >= 11 is 0. The zero-order valence-electron chi connectivity index (χ0n) is 14.9. The minimum Gasteiger partial charge on any atom is -0.479 e. The monoisotopic (exact) mass is 388 g/mol. The molecule has 0 saturated carbocycles. The number of carbonyl (C=O) groups is 1. The number of rotatable bonds is 6. The highest BCUT2D eigenvalue weighted by Crippen LogP contribution is 2.34. The van der Waals surface area contributed by atoms with Crippen LogP contribution >= 0.6 is 0 Å². The molecule has 0 radical (unpaired) electrons. The zero-order valence-corrected chi connectivity index (χ0v) is 15.7. The van der Waals surface area contributed by atoms with Crippen LogP contribution in [-0.2, 0) is 21.1 Å². The molecule has 0 spiro atoms. The van der Waals surface area contributed by atoms with Gasteiger partial charge in [-0.05, 0) is 12.1 Å². The molecule has 0 saturated heterocycles. The number of fused-ring (bicyclic) bond motifs is 1. The number of aliphatic carboxylic acids is 1. The summed E-state index contributed by atoms with van der Waals surface area (Å²) in [6, 6.07) is 9.99. The number of sulfone groups is 1. The first-order valence-corrected chi connectivity index (χ1v) is 9.60. The van der Waals surface area contributed by atoms with Crippen molar-refractivity contribution >= 4 is 32.3 Å². The Labute approximate surface area is 156 Å². The van der Waals surface area contributed by atoms with Crippen LogP contribution in [0.15, 0.2) is 53.8 Å². The highest BCUT2D eigenvalue weighted by molar-refractivity contribution is 7.93. The number of H-pyrrole nitrogens is 1. The molecule has 0 unspecified atom stereocenters. The van der Waals surface area contributed by atoms with E-state index in [0.29, 0.717) is 16.5 Å². The molecule has 1 heterocycles. The van der Waals surface area contributed by atoms with Crippen molar-refractivity contribution in [1.82, 2.24) is 9.97 Å². The van der Waals surface area contributed by atoms with Crippen LogP contribution in [0.3, 0.4) is 0 Å². The lowest BCUT2D eigenvalue weighted by atomic mass is 10.1. The summed E-state index contributed by atoms with van der Waals surface area (Å²) in [5, 5.41) is 10.8. The normalized spacial score (nSPS) is 14.0.